The van der Waals surface area contributed by atoms with Crippen molar-refractivity contribution in [2.24, 2.45) is 0 Å². The lowest BCUT2D eigenvalue weighted by Gasteiger charge is -2.36. The fraction of sp³-hybridized carbons (Fsp3) is 0.462. The molecule has 1 fully saturated rings. The van der Waals surface area contributed by atoms with E-state index >= 15 is 0 Å². The average molecular weight is 284 g/mol. The largest absolute Gasteiger partial charge is 0.459 e. The molecule has 7 nitrogen and oxygen atoms in total. The summed E-state index contributed by atoms with van der Waals surface area (Å²) in [5.41, 5.74) is 0.743. The topological polar surface area (TPSA) is 116 Å². The van der Waals surface area contributed by atoms with E-state index < -0.39 is 36.7 Å². The summed E-state index contributed by atoms with van der Waals surface area (Å²) in [6.45, 7) is -0.0268. The second-order valence-electron chi connectivity index (χ2n) is 4.51. The highest BCUT2D eigenvalue weighted by molar-refractivity contribution is 5.75. The molecule has 0 amide bonds. The second kappa shape index (κ2) is 6.29. The molecule has 0 bridgehead atoms. The first kappa shape index (κ1) is 14.9. The van der Waals surface area contributed by atoms with Crippen LogP contribution < -0.4 is 0 Å². The van der Waals surface area contributed by atoms with Crippen molar-refractivity contribution >= 4 is 5.97 Å². The lowest BCUT2D eigenvalue weighted by molar-refractivity contribution is -0.281. The summed E-state index contributed by atoms with van der Waals surface area (Å²) in [6.07, 6.45) is -8.34. The zero-order valence-electron chi connectivity index (χ0n) is 10.5. The SMILES string of the molecule is O=C(OCc1ccccc1)[C@@H]1O[C@H](O)[C@@H](O)[C@H](O)[C@H]1O. The highest BCUT2D eigenvalue weighted by Gasteiger charge is 2.46. The van der Waals surface area contributed by atoms with Gasteiger partial charge in [0.15, 0.2) is 12.4 Å². The van der Waals surface area contributed by atoms with E-state index in [2.05, 4.69) is 0 Å². The summed E-state index contributed by atoms with van der Waals surface area (Å²) < 4.78 is 9.69. The normalized spacial score (nSPS) is 33.7. The van der Waals surface area contributed by atoms with E-state index in [4.69, 9.17) is 9.47 Å². The minimum absolute atomic E-state index is 0.0268. The van der Waals surface area contributed by atoms with Crippen LogP contribution in [0.15, 0.2) is 30.3 Å². The fourth-order valence-corrected chi connectivity index (χ4v) is 1.87. The Labute approximate surface area is 115 Å². The molecule has 0 unspecified atom stereocenters. The van der Waals surface area contributed by atoms with Crippen molar-refractivity contribution in [2.45, 2.75) is 37.3 Å². The van der Waals surface area contributed by atoms with Gasteiger partial charge in [0.1, 0.15) is 24.9 Å². The number of ether oxygens (including phenoxy) is 2. The molecule has 0 radical (unpaired) electrons. The lowest BCUT2D eigenvalue weighted by atomic mass is 9.99. The van der Waals surface area contributed by atoms with E-state index in [-0.39, 0.29) is 6.61 Å². The number of hydrogen-bond donors (Lipinski definition) is 4. The lowest BCUT2D eigenvalue weighted by Crippen LogP contribution is -2.59. The number of carbonyl (C=O) groups excluding carboxylic acids is 1. The van der Waals surface area contributed by atoms with Gasteiger partial charge in [-0.15, -0.1) is 0 Å². The molecule has 1 aromatic rings. The van der Waals surface area contributed by atoms with Crippen LogP contribution in [-0.4, -0.2) is 57.1 Å². The predicted molar refractivity (Wildman–Crippen MR) is 65.1 cm³/mol. The maximum Gasteiger partial charge on any atom is 0.338 e. The molecule has 0 saturated carbocycles. The van der Waals surface area contributed by atoms with Crippen molar-refractivity contribution in [2.75, 3.05) is 0 Å². The molecule has 1 heterocycles. The van der Waals surface area contributed by atoms with Gasteiger partial charge in [-0.2, -0.15) is 0 Å². The van der Waals surface area contributed by atoms with E-state index in [1.807, 2.05) is 6.07 Å². The maximum absolute atomic E-state index is 11.8. The Hall–Kier alpha value is -1.51. The number of rotatable bonds is 3. The number of hydrogen-bond acceptors (Lipinski definition) is 7. The minimum Gasteiger partial charge on any atom is -0.459 e. The third-order valence-corrected chi connectivity index (χ3v) is 3.04. The van der Waals surface area contributed by atoms with Gasteiger partial charge in [0.25, 0.3) is 0 Å². The quantitative estimate of drug-likeness (QED) is 0.501. The van der Waals surface area contributed by atoms with Gasteiger partial charge in [-0.25, -0.2) is 4.79 Å². The molecule has 20 heavy (non-hydrogen) atoms. The van der Waals surface area contributed by atoms with Crippen LogP contribution in [0, 0.1) is 0 Å². The Morgan fingerprint density at radius 1 is 1.05 bits per heavy atom. The smallest absolute Gasteiger partial charge is 0.338 e. The van der Waals surface area contributed by atoms with Crippen LogP contribution in [0.25, 0.3) is 0 Å². The van der Waals surface area contributed by atoms with E-state index in [0.717, 1.165) is 5.56 Å². The van der Waals surface area contributed by atoms with E-state index in [1.165, 1.54) is 0 Å². The van der Waals surface area contributed by atoms with Gasteiger partial charge in [-0.05, 0) is 5.56 Å². The molecular formula is C13H16O7. The molecule has 1 aliphatic heterocycles. The van der Waals surface area contributed by atoms with Crippen LogP contribution in [0.4, 0.5) is 0 Å². The van der Waals surface area contributed by atoms with Gasteiger partial charge >= 0.3 is 5.97 Å². The molecule has 1 saturated heterocycles. The van der Waals surface area contributed by atoms with E-state index in [1.54, 1.807) is 24.3 Å². The van der Waals surface area contributed by atoms with Gasteiger partial charge in [0.05, 0.1) is 0 Å². The van der Waals surface area contributed by atoms with Crippen LogP contribution in [0.1, 0.15) is 5.56 Å². The molecule has 1 aromatic carbocycles. The van der Waals surface area contributed by atoms with Crippen LogP contribution in [-0.2, 0) is 20.9 Å². The summed E-state index contributed by atoms with van der Waals surface area (Å²) in [5.74, 6) is -0.925. The minimum atomic E-state index is -1.76. The highest BCUT2D eigenvalue weighted by atomic mass is 16.7. The summed E-state index contributed by atoms with van der Waals surface area (Å²) >= 11 is 0. The fourth-order valence-electron chi connectivity index (χ4n) is 1.87. The molecule has 5 atom stereocenters. The van der Waals surface area contributed by atoms with Crippen molar-refractivity contribution in [1.82, 2.24) is 0 Å². The van der Waals surface area contributed by atoms with Gasteiger partial charge in [-0.1, -0.05) is 30.3 Å². The second-order valence-corrected chi connectivity index (χ2v) is 4.51. The summed E-state index contributed by atoms with van der Waals surface area (Å²) in [6, 6.07) is 8.86. The number of esters is 1. The van der Waals surface area contributed by atoms with Gasteiger partial charge < -0.3 is 29.9 Å². The zero-order chi connectivity index (χ0) is 14.7. The Kier molecular flexibility index (Phi) is 4.69. The van der Waals surface area contributed by atoms with Crippen LogP contribution in [0.3, 0.4) is 0 Å². The monoisotopic (exact) mass is 284 g/mol. The first-order valence-corrected chi connectivity index (χ1v) is 6.09. The Morgan fingerprint density at radius 2 is 1.70 bits per heavy atom. The van der Waals surface area contributed by atoms with Crippen LogP contribution in [0.2, 0.25) is 0 Å². The van der Waals surface area contributed by atoms with Crippen LogP contribution >= 0.6 is 0 Å². The zero-order valence-corrected chi connectivity index (χ0v) is 10.5. The highest BCUT2D eigenvalue weighted by Crippen LogP contribution is 2.21. The number of aliphatic hydroxyl groups is 4. The average Bonchev–Trinajstić information content (AvgIpc) is 2.47. The third-order valence-electron chi connectivity index (χ3n) is 3.04. The maximum atomic E-state index is 11.8. The van der Waals surface area contributed by atoms with E-state index in [9.17, 15) is 25.2 Å². The molecule has 0 spiro atoms. The molecule has 110 valence electrons. The molecule has 0 aliphatic carbocycles. The summed E-state index contributed by atoms with van der Waals surface area (Å²) in [4.78, 5) is 11.8. The van der Waals surface area contributed by atoms with Crippen molar-refractivity contribution in [3.05, 3.63) is 35.9 Å². The van der Waals surface area contributed by atoms with Crippen molar-refractivity contribution in [3.8, 4) is 0 Å². The Balaban J connectivity index is 1.95. The predicted octanol–water partition coefficient (Wildman–Crippen LogP) is -1.47. The summed E-state index contributed by atoms with van der Waals surface area (Å²) in [7, 11) is 0. The van der Waals surface area contributed by atoms with Crippen molar-refractivity contribution in [3.63, 3.8) is 0 Å². The van der Waals surface area contributed by atoms with Gasteiger partial charge in [0.2, 0.25) is 0 Å². The van der Waals surface area contributed by atoms with Gasteiger partial charge in [-0.3, -0.25) is 0 Å². The Morgan fingerprint density at radius 3 is 2.35 bits per heavy atom. The van der Waals surface area contributed by atoms with Crippen molar-refractivity contribution < 1.29 is 34.7 Å². The van der Waals surface area contributed by atoms with Crippen LogP contribution in [0.5, 0.6) is 0 Å². The first-order valence-electron chi connectivity index (χ1n) is 6.09. The Bertz CT molecular complexity index is 449. The molecular weight excluding hydrogens is 268 g/mol. The van der Waals surface area contributed by atoms with E-state index in [0.29, 0.717) is 0 Å². The van der Waals surface area contributed by atoms with Gasteiger partial charge in [0, 0.05) is 0 Å². The molecule has 0 aromatic heterocycles. The van der Waals surface area contributed by atoms with Crippen molar-refractivity contribution in [1.29, 1.82) is 0 Å². The standard InChI is InChI=1S/C13H16O7/c14-8-9(15)11(20-12(17)10(8)16)13(18)19-6-7-4-2-1-3-5-7/h1-5,8-12,14-17H,6H2/t8-,9-,10+,11-,12+/m1/s1. The molecule has 4 N–H and O–H groups in total. The molecule has 1 aliphatic rings. The number of benzene rings is 1. The molecule has 2 rings (SSSR count). The summed E-state index contributed by atoms with van der Waals surface area (Å²) in [5, 5.41) is 37.7. The number of carbonyl (C=O) groups is 1. The number of aliphatic hydroxyl groups excluding tert-OH is 4. The molecule has 7 heteroatoms. The third kappa shape index (κ3) is 3.14. The first-order chi connectivity index (χ1) is 9.50.